The molecule has 0 rings (SSSR count). The fraction of sp³-hybridized carbons (Fsp3) is 0.891. The lowest BCUT2D eigenvalue weighted by Gasteiger charge is -2.24. The summed E-state index contributed by atoms with van der Waals surface area (Å²) in [7, 11) is 0. The highest BCUT2D eigenvalue weighted by Crippen LogP contribution is 2.18. The molecule has 0 fully saturated rings. The van der Waals surface area contributed by atoms with Crippen molar-refractivity contribution in [3.8, 4) is 0 Å². The van der Waals surface area contributed by atoms with Crippen LogP contribution in [0.3, 0.4) is 0 Å². The second-order valence-corrected chi connectivity index (χ2v) is 18.6. The van der Waals surface area contributed by atoms with E-state index in [0.717, 1.165) is 51.4 Å². The third kappa shape index (κ3) is 44.7. The Labute approximate surface area is 380 Å². The Morgan fingerprint density at radius 3 is 1.28 bits per heavy atom. The van der Waals surface area contributed by atoms with E-state index in [1.54, 1.807) is 0 Å². The molecule has 0 aliphatic carbocycles. The number of hydrogen-bond donors (Lipinski definition) is 3. The standard InChI is InChI=1S/C55H105NO5/c1-4-7-10-13-16-19-22-24-25-26-27-28-29-30-33-36-39-42-45-48-55(60)61-51(46-43-40-37-34-31-21-18-15-12-9-6-3)49-54(59)56-52(50-57)53(58)47-44-41-38-35-32-23-20-17-14-11-8-5-2/h16,19,24-25,51-53,57-58H,4-15,17-18,20-23,26-50H2,1-3H3,(H,56,59)/b19-16-,25-24-. The summed E-state index contributed by atoms with van der Waals surface area (Å²) in [5.41, 5.74) is 0. The lowest BCUT2D eigenvalue weighted by Crippen LogP contribution is -2.46. The Balaban J connectivity index is 4.46. The molecule has 6 nitrogen and oxygen atoms in total. The van der Waals surface area contributed by atoms with Crippen LogP contribution in [0.5, 0.6) is 0 Å². The first-order valence-electron chi connectivity index (χ1n) is 27.1. The molecule has 3 unspecified atom stereocenters. The third-order valence-corrected chi connectivity index (χ3v) is 12.5. The monoisotopic (exact) mass is 860 g/mol. The average molecular weight is 860 g/mol. The van der Waals surface area contributed by atoms with E-state index in [4.69, 9.17) is 4.74 Å². The Hall–Kier alpha value is -1.66. The van der Waals surface area contributed by atoms with Gasteiger partial charge in [0.25, 0.3) is 0 Å². The Kier molecular flexibility index (Phi) is 48.0. The minimum Gasteiger partial charge on any atom is -0.462 e. The van der Waals surface area contributed by atoms with Gasteiger partial charge in [0.05, 0.1) is 25.2 Å². The zero-order chi connectivity index (χ0) is 44.5. The average Bonchev–Trinajstić information content (AvgIpc) is 3.25. The summed E-state index contributed by atoms with van der Waals surface area (Å²) in [4.78, 5) is 26.2. The molecule has 0 aliphatic rings. The lowest BCUT2D eigenvalue weighted by molar-refractivity contribution is -0.151. The highest BCUT2D eigenvalue weighted by molar-refractivity contribution is 5.77. The van der Waals surface area contributed by atoms with Gasteiger partial charge in [-0.05, 0) is 57.8 Å². The van der Waals surface area contributed by atoms with Crippen LogP contribution in [0.2, 0.25) is 0 Å². The van der Waals surface area contributed by atoms with E-state index in [2.05, 4.69) is 50.4 Å². The summed E-state index contributed by atoms with van der Waals surface area (Å²) in [6.45, 7) is 6.47. The number of rotatable bonds is 49. The molecule has 0 heterocycles. The van der Waals surface area contributed by atoms with E-state index in [1.807, 2.05) is 0 Å². The van der Waals surface area contributed by atoms with E-state index in [9.17, 15) is 19.8 Å². The van der Waals surface area contributed by atoms with E-state index >= 15 is 0 Å². The van der Waals surface area contributed by atoms with Crippen LogP contribution in [0.4, 0.5) is 0 Å². The minimum atomic E-state index is -0.783. The zero-order valence-corrected chi connectivity index (χ0v) is 41.1. The van der Waals surface area contributed by atoms with Crippen molar-refractivity contribution in [2.24, 2.45) is 0 Å². The van der Waals surface area contributed by atoms with Crippen molar-refractivity contribution in [2.75, 3.05) is 6.61 Å². The molecule has 0 saturated carbocycles. The summed E-state index contributed by atoms with van der Waals surface area (Å²) >= 11 is 0. The van der Waals surface area contributed by atoms with E-state index < -0.39 is 18.2 Å². The second kappa shape index (κ2) is 49.4. The summed E-state index contributed by atoms with van der Waals surface area (Å²) < 4.78 is 5.94. The molecule has 6 heteroatoms. The molecule has 0 aliphatic heterocycles. The smallest absolute Gasteiger partial charge is 0.306 e. The highest BCUT2D eigenvalue weighted by atomic mass is 16.5. The molecular weight excluding hydrogens is 755 g/mol. The maximum Gasteiger partial charge on any atom is 0.306 e. The van der Waals surface area contributed by atoms with Crippen LogP contribution in [0.25, 0.3) is 0 Å². The van der Waals surface area contributed by atoms with Gasteiger partial charge in [0.1, 0.15) is 6.10 Å². The topological polar surface area (TPSA) is 95.9 Å². The quantitative estimate of drug-likeness (QED) is 0.0322. The van der Waals surface area contributed by atoms with Crippen LogP contribution in [0.15, 0.2) is 24.3 Å². The van der Waals surface area contributed by atoms with Crippen LogP contribution >= 0.6 is 0 Å². The number of aliphatic hydroxyl groups is 2. The molecule has 0 aromatic rings. The van der Waals surface area contributed by atoms with Crippen molar-refractivity contribution < 1.29 is 24.5 Å². The number of aliphatic hydroxyl groups excluding tert-OH is 2. The first-order valence-corrected chi connectivity index (χ1v) is 27.1. The fourth-order valence-corrected chi connectivity index (χ4v) is 8.40. The van der Waals surface area contributed by atoms with Crippen LogP contribution < -0.4 is 5.32 Å². The van der Waals surface area contributed by atoms with Crippen molar-refractivity contribution >= 4 is 11.9 Å². The normalized spacial score (nSPS) is 13.3. The third-order valence-electron chi connectivity index (χ3n) is 12.5. The maximum atomic E-state index is 13.2. The van der Waals surface area contributed by atoms with Gasteiger partial charge in [-0.2, -0.15) is 0 Å². The van der Waals surface area contributed by atoms with Gasteiger partial charge in [0.15, 0.2) is 0 Å². The predicted molar refractivity (Wildman–Crippen MR) is 264 cm³/mol. The lowest BCUT2D eigenvalue weighted by atomic mass is 10.0. The number of unbranched alkanes of at least 4 members (excludes halogenated alkanes) is 33. The van der Waals surface area contributed by atoms with Crippen molar-refractivity contribution in [1.82, 2.24) is 5.32 Å². The summed E-state index contributed by atoms with van der Waals surface area (Å²) in [6.07, 6.45) is 56.7. The number of nitrogens with one attached hydrogen (secondary N) is 1. The predicted octanol–water partition coefficient (Wildman–Crippen LogP) is 16.3. The Morgan fingerprint density at radius 2 is 0.836 bits per heavy atom. The number of carbonyl (C=O) groups excluding carboxylic acids is 2. The van der Waals surface area contributed by atoms with Crippen molar-refractivity contribution in [2.45, 2.75) is 309 Å². The molecule has 360 valence electrons. The molecule has 0 saturated heterocycles. The maximum absolute atomic E-state index is 13.2. The molecule has 3 N–H and O–H groups in total. The second-order valence-electron chi connectivity index (χ2n) is 18.6. The van der Waals surface area contributed by atoms with Crippen LogP contribution in [0, 0.1) is 0 Å². The molecule has 0 bridgehead atoms. The zero-order valence-electron chi connectivity index (χ0n) is 41.1. The van der Waals surface area contributed by atoms with Gasteiger partial charge in [-0.15, -0.1) is 0 Å². The van der Waals surface area contributed by atoms with Gasteiger partial charge in [0.2, 0.25) is 5.91 Å². The van der Waals surface area contributed by atoms with Crippen molar-refractivity contribution in [3.05, 3.63) is 24.3 Å². The number of hydrogen-bond acceptors (Lipinski definition) is 5. The number of ether oxygens (including phenoxy) is 1. The van der Waals surface area contributed by atoms with E-state index in [-0.39, 0.29) is 24.9 Å². The first kappa shape index (κ1) is 59.3. The molecule has 0 aromatic heterocycles. The van der Waals surface area contributed by atoms with Crippen LogP contribution in [-0.2, 0) is 14.3 Å². The molecule has 61 heavy (non-hydrogen) atoms. The molecule has 0 radical (unpaired) electrons. The minimum absolute atomic E-state index is 0.0815. The summed E-state index contributed by atoms with van der Waals surface area (Å²) in [5, 5.41) is 23.8. The van der Waals surface area contributed by atoms with Gasteiger partial charge in [0, 0.05) is 6.42 Å². The fourth-order valence-electron chi connectivity index (χ4n) is 8.40. The van der Waals surface area contributed by atoms with Gasteiger partial charge >= 0.3 is 5.97 Å². The number of esters is 1. The number of carbonyl (C=O) groups is 2. The van der Waals surface area contributed by atoms with Crippen LogP contribution in [-0.4, -0.2) is 46.9 Å². The van der Waals surface area contributed by atoms with Gasteiger partial charge in [-0.25, -0.2) is 0 Å². The van der Waals surface area contributed by atoms with E-state index in [0.29, 0.717) is 19.3 Å². The Morgan fingerprint density at radius 1 is 0.475 bits per heavy atom. The van der Waals surface area contributed by atoms with Crippen molar-refractivity contribution in [3.63, 3.8) is 0 Å². The number of amides is 1. The molecular formula is C55H105NO5. The van der Waals surface area contributed by atoms with Gasteiger partial charge < -0.3 is 20.3 Å². The first-order chi connectivity index (χ1) is 30.0. The summed E-state index contributed by atoms with van der Waals surface area (Å²) in [5.74, 6) is -0.463. The molecule has 1 amide bonds. The van der Waals surface area contributed by atoms with Gasteiger partial charge in [-0.3, -0.25) is 9.59 Å². The highest BCUT2D eigenvalue weighted by Gasteiger charge is 2.24. The van der Waals surface area contributed by atoms with Crippen LogP contribution in [0.1, 0.15) is 290 Å². The van der Waals surface area contributed by atoms with E-state index in [1.165, 1.54) is 193 Å². The SMILES string of the molecule is CCCCC/C=C\C/C=C\CCCCCCCCCCCC(=O)OC(CCCCCCCCCCCCC)CC(=O)NC(CO)C(O)CCCCCCCCCCCCCC. The Bertz CT molecular complexity index is 966. The summed E-state index contributed by atoms with van der Waals surface area (Å²) in [6, 6.07) is -0.696. The molecule has 0 aromatic carbocycles. The molecule has 3 atom stereocenters. The number of allylic oxidation sites excluding steroid dienone is 4. The molecule has 0 spiro atoms. The van der Waals surface area contributed by atoms with Crippen molar-refractivity contribution in [1.29, 1.82) is 0 Å². The van der Waals surface area contributed by atoms with Gasteiger partial charge in [-0.1, -0.05) is 244 Å². The largest absolute Gasteiger partial charge is 0.462 e.